The van der Waals surface area contributed by atoms with Crippen molar-refractivity contribution in [2.45, 2.75) is 493 Å². The molecule has 0 radical (unpaired) electrons. The fourth-order valence-corrected chi connectivity index (χ4v) is 30.0. The lowest BCUT2D eigenvalue weighted by molar-refractivity contribution is -0.185. The predicted molar refractivity (Wildman–Crippen MR) is 587 cm³/mol. The van der Waals surface area contributed by atoms with Gasteiger partial charge in [-0.2, -0.15) is 13.2 Å². The molecule has 16 rings (SSSR count). The fourth-order valence-electron chi connectivity index (χ4n) is 30.0. The Bertz CT molecular complexity index is 2820. The highest BCUT2D eigenvalue weighted by molar-refractivity contribution is 4.98. The molecule has 0 nitrogen and oxygen atoms in total. The summed E-state index contributed by atoms with van der Waals surface area (Å²) in [5.41, 5.74) is 0. The zero-order chi connectivity index (χ0) is 90.7. The van der Waals surface area contributed by atoms with Gasteiger partial charge in [0.25, 0.3) is 0 Å². The van der Waals surface area contributed by atoms with Crippen LogP contribution in [0, 0.1) is 189 Å². The van der Waals surface area contributed by atoms with E-state index in [0.29, 0.717) is 18.8 Å². The molecule has 0 aromatic heterocycles. The maximum Gasteiger partial charge on any atom is 0.391 e. The van der Waals surface area contributed by atoms with E-state index in [4.69, 9.17) is 0 Å². The number of alkyl halides is 3. The van der Waals surface area contributed by atoms with Crippen molar-refractivity contribution in [1.82, 2.24) is 0 Å². The van der Waals surface area contributed by atoms with E-state index in [9.17, 15) is 13.2 Å². The minimum Gasteiger partial charge on any atom is -0.171 e. The lowest BCUT2D eigenvalue weighted by Gasteiger charge is -2.37. The first-order valence-electron chi connectivity index (χ1n) is 57.6. The van der Waals surface area contributed by atoms with E-state index in [1.54, 1.807) is 51.4 Å². The molecule has 16 aliphatic carbocycles. The molecule has 0 aromatic carbocycles. The van der Waals surface area contributed by atoms with Crippen LogP contribution in [0.4, 0.5) is 13.2 Å². The normalized spacial score (nSPS) is 41.3. The largest absolute Gasteiger partial charge is 0.391 e. The average molecular weight is 1790 g/mol. The first-order chi connectivity index (χ1) is 61.5. The summed E-state index contributed by atoms with van der Waals surface area (Å²) >= 11 is 0. The van der Waals surface area contributed by atoms with Crippen molar-refractivity contribution in [1.29, 1.82) is 0 Å². The number of hydrogen-bond donors (Lipinski definition) is 0. The molecule has 0 atom stereocenters. The van der Waals surface area contributed by atoms with Crippen LogP contribution >= 0.6 is 0 Å². The Balaban J connectivity index is -0.000000239. The standard InChI is InChI=1S/C18H30.C17H28.C16H28.C16H26.C15H26.C14H23F3.2C14H26.16H2/c1-3-5-15-7-11-17(12-8-15)18-13-9-16(6-4-2)10-14-18;1-3-5-15-8-12-17(13-9-15)16-10-6-14(4-2)7-11-16;1-3-4-14-7-11-16(12-8-14)15-9-5-13(2)6-10-15;1-3-13-5-9-15(10-6-13)16-11-7-14(4-2)8-12-16;1-3-13-6-10-15(11-7-13)14-8-4-12(2)5-9-14;1-10-2-4-11(5-3-10)12-6-8-13(9-7-12)14(15,16)17;2*1-11-3-7-13(8-4-11)14-9-5-12(2)6-10-14;;;;;;;;;;;;;;;;/h3-6,15-18H,7-14H2,1-2H3;3-5,14-17H,2,6-13H2,1H3;3-4,13-16H,5-12H2,1-2H3;3-4,13-16H,1-2,5-12H2;3,12-15H,1,4-11H2,2H3;10-13H,2-9H2,1H3;2*11-14H,3-10H2,1-2H3;16*1H/b5-3+,6-4+;5-3+;4-3+;;;;;;;;;;;;;;;;;;;;;. The van der Waals surface area contributed by atoms with Crippen LogP contribution in [0.1, 0.15) is 510 Å². The number of allylic oxidation sites excluding steroid dienone is 12. The van der Waals surface area contributed by atoms with E-state index in [1.807, 2.05) is 0 Å². The van der Waals surface area contributed by atoms with Crippen LogP contribution in [0.5, 0.6) is 0 Å². The summed E-state index contributed by atoms with van der Waals surface area (Å²) < 4.78 is 37.7. The third-order valence-corrected chi connectivity index (χ3v) is 39.7. The van der Waals surface area contributed by atoms with Gasteiger partial charge in [0.2, 0.25) is 0 Å². The van der Waals surface area contributed by atoms with Gasteiger partial charge in [0.05, 0.1) is 5.92 Å². The number of halogens is 3. The molecule has 16 aliphatic rings. The minimum atomic E-state index is -3.95. The van der Waals surface area contributed by atoms with Crippen molar-refractivity contribution in [3.63, 3.8) is 0 Å². The van der Waals surface area contributed by atoms with Gasteiger partial charge in [0.1, 0.15) is 0 Å². The molecular formula is C124H245F3. The Hall–Kier alpha value is -2.29. The van der Waals surface area contributed by atoms with E-state index in [2.05, 4.69) is 175 Å². The van der Waals surface area contributed by atoms with Gasteiger partial charge in [0, 0.05) is 22.8 Å². The Morgan fingerprint density at radius 3 is 0.370 bits per heavy atom. The van der Waals surface area contributed by atoms with Crippen molar-refractivity contribution in [3.05, 3.63) is 99.2 Å². The highest BCUT2D eigenvalue weighted by Crippen LogP contribution is 2.51. The van der Waals surface area contributed by atoms with Crippen LogP contribution in [0.2, 0.25) is 0 Å². The number of rotatable bonds is 16. The van der Waals surface area contributed by atoms with Crippen LogP contribution in [0.15, 0.2) is 99.2 Å². The first kappa shape index (κ1) is 108. The monoisotopic (exact) mass is 1790 g/mol. The van der Waals surface area contributed by atoms with Crippen LogP contribution < -0.4 is 0 Å². The van der Waals surface area contributed by atoms with Gasteiger partial charge in [-0.15, -0.1) is 26.3 Å². The van der Waals surface area contributed by atoms with Crippen molar-refractivity contribution in [2.24, 2.45) is 189 Å². The fraction of sp³-hybridized carbons (Fsp3) is 0.871. The van der Waals surface area contributed by atoms with Crippen LogP contribution in [0.3, 0.4) is 0 Å². The zero-order valence-electron chi connectivity index (χ0n) is 86.1. The maximum atomic E-state index is 12.6. The molecule has 0 aromatic rings. The van der Waals surface area contributed by atoms with E-state index in [0.717, 1.165) is 190 Å². The van der Waals surface area contributed by atoms with Crippen molar-refractivity contribution >= 4 is 0 Å². The third-order valence-electron chi connectivity index (χ3n) is 39.7. The molecule has 127 heavy (non-hydrogen) atoms. The molecular weight excluding hydrogens is 1550 g/mol. The van der Waals surface area contributed by atoms with Gasteiger partial charge in [-0.25, -0.2) is 0 Å². The minimum absolute atomic E-state index is 0. The molecule has 3 heteroatoms. The van der Waals surface area contributed by atoms with Gasteiger partial charge < -0.3 is 0 Å². The molecule has 16 fully saturated rings. The molecule has 0 spiro atoms. The van der Waals surface area contributed by atoms with E-state index in [-0.39, 0.29) is 22.8 Å². The molecule has 0 N–H and O–H groups in total. The lowest BCUT2D eigenvalue weighted by Crippen LogP contribution is -2.31. The van der Waals surface area contributed by atoms with E-state index >= 15 is 0 Å². The second-order valence-corrected chi connectivity index (χ2v) is 48.7. The van der Waals surface area contributed by atoms with Crippen LogP contribution in [0.25, 0.3) is 0 Å². The van der Waals surface area contributed by atoms with Crippen molar-refractivity contribution in [3.8, 4) is 0 Å². The molecule has 0 amide bonds. The predicted octanol–water partition coefficient (Wildman–Crippen LogP) is 44.5. The highest BCUT2D eigenvalue weighted by Gasteiger charge is 2.44. The van der Waals surface area contributed by atoms with Gasteiger partial charge >= 0.3 is 6.18 Å². The molecule has 0 saturated heterocycles. The summed E-state index contributed by atoms with van der Waals surface area (Å²) in [5.74, 6) is 29.1. The van der Waals surface area contributed by atoms with Gasteiger partial charge in [-0.1, -0.05) is 211 Å². The summed E-state index contributed by atoms with van der Waals surface area (Å²) in [4.78, 5) is 0. The summed E-state index contributed by atoms with van der Waals surface area (Å²) in [6.07, 6.45) is 114. The second kappa shape index (κ2) is 60.3. The van der Waals surface area contributed by atoms with Crippen molar-refractivity contribution in [2.75, 3.05) is 0 Å². The molecule has 0 unspecified atom stereocenters. The average Bonchev–Trinajstić information content (AvgIpc) is 0.893. The number of hydrogen-bond acceptors (Lipinski definition) is 0. The Labute approximate surface area is 813 Å². The summed E-state index contributed by atoms with van der Waals surface area (Å²) in [6.45, 7) is 41.2. The third kappa shape index (κ3) is 39.4. The summed E-state index contributed by atoms with van der Waals surface area (Å²) in [7, 11) is 0. The summed E-state index contributed by atoms with van der Waals surface area (Å²) in [5, 5.41) is 0. The van der Waals surface area contributed by atoms with Gasteiger partial charge in [-0.3, -0.25) is 0 Å². The zero-order valence-corrected chi connectivity index (χ0v) is 86.1. The summed E-state index contributed by atoms with van der Waals surface area (Å²) in [6, 6.07) is 0. The quantitative estimate of drug-likeness (QED) is 0.135. The topological polar surface area (TPSA) is 0 Å². The second-order valence-electron chi connectivity index (χ2n) is 48.7. The van der Waals surface area contributed by atoms with E-state index < -0.39 is 12.1 Å². The molecule has 0 bridgehead atoms. The Morgan fingerprint density at radius 1 is 0.165 bits per heavy atom. The Morgan fingerprint density at radius 2 is 0.268 bits per heavy atom. The van der Waals surface area contributed by atoms with Gasteiger partial charge in [0.15, 0.2) is 0 Å². The molecule has 762 valence electrons. The Kier molecular flexibility index (Phi) is 51.5. The van der Waals surface area contributed by atoms with E-state index in [1.165, 1.54) is 334 Å². The molecule has 0 aliphatic heterocycles. The maximum absolute atomic E-state index is 12.6. The molecule has 0 heterocycles. The molecule has 16 saturated carbocycles. The van der Waals surface area contributed by atoms with Crippen LogP contribution in [-0.2, 0) is 0 Å². The SMILES string of the molecule is C/C=C/C1CCC(C2CCC(/C=C/C)CC2)CC1.C/C=C/C1CCC(C2CCC(C)CC2)CC1.C=CC1CCC(C2CCC(/C=C/C)CC2)CC1.C=CC1CCC(C2CCC(C)CC2)CC1.C=CC1CCC(C2CCC(C=C)CC2)CC1.CC1CCC(C2CCC(C(F)(F)F)CC2)CC1.CC1CCC(C2CCC(C)CC2)CC1.CC1CCC(C2CCC(C)CC2)CC1.[HH].[HH].[HH].[HH].[HH].[HH].[HH].[HH].[HH].[HH].[HH].[HH].[HH].[HH].[HH].[HH]. The lowest BCUT2D eigenvalue weighted by atomic mass is 9.69. The highest BCUT2D eigenvalue weighted by atomic mass is 19.4. The van der Waals surface area contributed by atoms with Gasteiger partial charge in [-0.05, 0) is 532 Å². The van der Waals surface area contributed by atoms with Crippen molar-refractivity contribution < 1.29 is 36.0 Å². The smallest absolute Gasteiger partial charge is 0.171 e. The van der Waals surface area contributed by atoms with Crippen LogP contribution in [-0.4, -0.2) is 6.18 Å². The first-order valence-corrected chi connectivity index (χ1v) is 57.6.